The lowest BCUT2D eigenvalue weighted by atomic mass is 10.1. The van der Waals surface area contributed by atoms with Crippen LogP contribution in [0.15, 0.2) is 18.3 Å². The molecule has 0 saturated heterocycles. The first-order valence-corrected chi connectivity index (χ1v) is 5.32. The van der Waals surface area contributed by atoms with Gasteiger partial charge in [0, 0.05) is 19.3 Å². The molecule has 1 N–H and O–H groups in total. The zero-order chi connectivity index (χ0) is 11.5. The first-order valence-electron chi connectivity index (χ1n) is 5.32. The van der Waals surface area contributed by atoms with Crippen LogP contribution in [0.3, 0.4) is 0 Å². The van der Waals surface area contributed by atoms with Crippen LogP contribution >= 0.6 is 0 Å². The minimum Gasteiger partial charge on any atom is -0.389 e. The summed E-state index contributed by atoms with van der Waals surface area (Å²) < 4.78 is 0. The predicted molar refractivity (Wildman–Crippen MR) is 63.2 cm³/mol. The molecule has 0 atom stereocenters. The molecule has 0 amide bonds. The van der Waals surface area contributed by atoms with Gasteiger partial charge in [-0.05, 0) is 45.4 Å². The fraction of sp³-hybridized carbons (Fsp3) is 0.583. The second kappa shape index (κ2) is 4.62. The zero-order valence-electron chi connectivity index (χ0n) is 9.99. The zero-order valence-corrected chi connectivity index (χ0v) is 9.99. The van der Waals surface area contributed by atoms with Gasteiger partial charge in [0.1, 0.15) is 5.82 Å². The van der Waals surface area contributed by atoms with Gasteiger partial charge in [-0.25, -0.2) is 4.98 Å². The van der Waals surface area contributed by atoms with Crippen molar-refractivity contribution in [3.63, 3.8) is 0 Å². The van der Waals surface area contributed by atoms with Gasteiger partial charge in [0.25, 0.3) is 0 Å². The SMILES string of the molecule is CCN(CC(C)(C)O)c1cc(C)ccn1. The van der Waals surface area contributed by atoms with Crippen molar-refractivity contribution in [1.29, 1.82) is 0 Å². The third-order valence-corrected chi connectivity index (χ3v) is 2.18. The van der Waals surface area contributed by atoms with Crippen LogP contribution in [-0.4, -0.2) is 28.8 Å². The van der Waals surface area contributed by atoms with Crippen molar-refractivity contribution in [2.75, 3.05) is 18.0 Å². The average molecular weight is 208 g/mol. The van der Waals surface area contributed by atoms with Crippen molar-refractivity contribution in [3.8, 4) is 0 Å². The van der Waals surface area contributed by atoms with Crippen molar-refractivity contribution >= 4 is 5.82 Å². The second-order valence-electron chi connectivity index (χ2n) is 4.52. The molecule has 0 aliphatic carbocycles. The topological polar surface area (TPSA) is 36.4 Å². The number of aryl methyl sites for hydroxylation is 1. The molecule has 0 radical (unpaired) electrons. The molecule has 0 bridgehead atoms. The number of hydrogen-bond acceptors (Lipinski definition) is 3. The van der Waals surface area contributed by atoms with E-state index < -0.39 is 5.60 Å². The summed E-state index contributed by atoms with van der Waals surface area (Å²) in [5.74, 6) is 0.930. The average Bonchev–Trinajstić information content (AvgIpc) is 2.13. The van der Waals surface area contributed by atoms with Crippen molar-refractivity contribution in [2.45, 2.75) is 33.3 Å². The van der Waals surface area contributed by atoms with Gasteiger partial charge in [-0.15, -0.1) is 0 Å². The fourth-order valence-corrected chi connectivity index (χ4v) is 1.52. The number of hydrogen-bond donors (Lipinski definition) is 1. The molecule has 84 valence electrons. The molecule has 3 heteroatoms. The van der Waals surface area contributed by atoms with Crippen LogP contribution in [0.25, 0.3) is 0 Å². The molecule has 0 unspecified atom stereocenters. The van der Waals surface area contributed by atoms with Crippen molar-refractivity contribution < 1.29 is 5.11 Å². The number of aliphatic hydroxyl groups is 1. The van der Waals surface area contributed by atoms with E-state index in [1.54, 1.807) is 6.20 Å². The number of pyridine rings is 1. The Morgan fingerprint density at radius 3 is 2.60 bits per heavy atom. The highest BCUT2D eigenvalue weighted by Gasteiger charge is 2.18. The summed E-state index contributed by atoms with van der Waals surface area (Å²) in [5, 5.41) is 9.78. The van der Waals surface area contributed by atoms with E-state index >= 15 is 0 Å². The van der Waals surface area contributed by atoms with Gasteiger partial charge in [0.05, 0.1) is 5.60 Å². The third-order valence-electron chi connectivity index (χ3n) is 2.18. The lowest BCUT2D eigenvalue weighted by Gasteiger charge is -2.29. The molecule has 0 aliphatic heterocycles. The lowest BCUT2D eigenvalue weighted by molar-refractivity contribution is 0.0874. The summed E-state index contributed by atoms with van der Waals surface area (Å²) in [4.78, 5) is 6.39. The summed E-state index contributed by atoms with van der Waals surface area (Å²) in [6, 6.07) is 4.01. The predicted octanol–water partition coefficient (Wildman–Crippen LogP) is 1.99. The molecule has 1 rings (SSSR count). The van der Waals surface area contributed by atoms with E-state index in [9.17, 15) is 5.11 Å². The molecule has 1 aromatic heterocycles. The Bertz CT molecular complexity index is 318. The van der Waals surface area contributed by atoms with Crippen LogP contribution < -0.4 is 4.90 Å². The first kappa shape index (κ1) is 12.0. The van der Waals surface area contributed by atoms with Gasteiger partial charge in [-0.2, -0.15) is 0 Å². The van der Waals surface area contributed by atoms with Gasteiger partial charge >= 0.3 is 0 Å². The molecular weight excluding hydrogens is 188 g/mol. The summed E-state index contributed by atoms with van der Waals surface area (Å²) in [5.41, 5.74) is 0.496. The fourth-order valence-electron chi connectivity index (χ4n) is 1.52. The van der Waals surface area contributed by atoms with E-state index in [1.165, 1.54) is 5.56 Å². The Labute approximate surface area is 91.8 Å². The molecule has 0 aliphatic rings. The highest BCUT2D eigenvalue weighted by molar-refractivity contribution is 5.40. The summed E-state index contributed by atoms with van der Waals surface area (Å²) >= 11 is 0. The molecule has 0 saturated carbocycles. The maximum Gasteiger partial charge on any atom is 0.128 e. The summed E-state index contributed by atoms with van der Waals surface area (Å²) in [6.45, 7) is 9.18. The summed E-state index contributed by atoms with van der Waals surface area (Å²) in [6.07, 6.45) is 1.80. The van der Waals surface area contributed by atoms with E-state index in [0.29, 0.717) is 6.54 Å². The van der Waals surface area contributed by atoms with Crippen LogP contribution in [0.2, 0.25) is 0 Å². The van der Waals surface area contributed by atoms with E-state index in [1.807, 2.05) is 32.9 Å². The minimum atomic E-state index is -0.693. The molecule has 0 fully saturated rings. The highest BCUT2D eigenvalue weighted by atomic mass is 16.3. The van der Waals surface area contributed by atoms with Gasteiger partial charge < -0.3 is 10.0 Å². The number of rotatable bonds is 4. The van der Waals surface area contributed by atoms with Crippen LogP contribution in [0.1, 0.15) is 26.3 Å². The monoisotopic (exact) mass is 208 g/mol. The van der Waals surface area contributed by atoms with Crippen molar-refractivity contribution in [2.24, 2.45) is 0 Å². The molecule has 1 heterocycles. The van der Waals surface area contributed by atoms with Crippen molar-refractivity contribution in [3.05, 3.63) is 23.9 Å². The first-order chi connectivity index (χ1) is 6.92. The standard InChI is InChI=1S/C12H20N2O/c1-5-14(9-12(3,4)15)11-8-10(2)6-7-13-11/h6-8,15H,5,9H2,1-4H3. The third kappa shape index (κ3) is 3.88. The van der Waals surface area contributed by atoms with E-state index in [4.69, 9.17) is 0 Å². The second-order valence-corrected chi connectivity index (χ2v) is 4.52. The van der Waals surface area contributed by atoms with Gasteiger partial charge in [0.15, 0.2) is 0 Å². The Kier molecular flexibility index (Phi) is 3.69. The number of likely N-dealkylation sites (N-methyl/N-ethyl adjacent to an activating group) is 1. The maximum atomic E-state index is 9.78. The van der Waals surface area contributed by atoms with E-state index in [0.717, 1.165) is 12.4 Å². The molecular formula is C12H20N2O. The van der Waals surface area contributed by atoms with Crippen molar-refractivity contribution in [1.82, 2.24) is 4.98 Å². The normalized spacial score (nSPS) is 11.5. The van der Waals surface area contributed by atoms with Gasteiger partial charge in [-0.1, -0.05) is 0 Å². The highest BCUT2D eigenvalue weighted by Crippen LogP contribution is 2.15. The molecule has 3 nitrogen and oxygen atoms in total. The lowest BCUT2D eigenvalue weighted by Crippen LogP contribution is -2.39. The van der Waals surface area contributed by atoms with Crippen LogP contribution in [0, 0.1) is 6.92 Å². The molecule has 1 aromatic rings. The van der Waals surface area contributed by atoms with Crippen LogP contribution in [-0.2, 0) is 0 Å². The number of anilines is 1. The quantitative estimate of drug-likeness (QED) is 0.822. The Morgan fingerprint density at radius 1 is 1.47 bits per heavy atom. The molecule has 15 heavy (non-hydrogen) atoms. The van der Waals surface area contributed by atoms with E-state index in [-0.39, 0.29) is 0 Å². The van der Waals surface area contributed by atoms with Crippen LogP contribution in [0.4, 0.5) is 5.82 Å². The Balaban J connectivity index is 2.83. The van der Waals surface area contributed by atoms with Gasteiger partial charge in [-0.3, -0.25) is 0 Å². The van der Waals surface area contributed by atoms with Crippen LogP contribution in [0.5, 0.6) is 0 Å². The molecule has 0 spiro atoms. The Morgan fingerprint density at radius 2 is 2.13 bits per heavy atom. The largest absolute Gasteiger partial charge is 0.389 e. The van der Waals surface area contributed by atoms with Gasteiger partial charge in [0.2, 0.25) is 0 Å². The molecule has 0 aromatic carbocycles. The smallest absolute Gasteiger partial charge is 0.128 e. The Hall–Kier alpha value is -1.09. The number of nitrogens with zero attached hydrogens (tertiary/aromatic N) is 2. The summed E-state index contributed by atoms with van der Waals surface area (Å²) in [7, 11) is 0. The van der Waals surface area contributed by atoms with E-state index in [2.05, 4.69) is 16.8 Å². The minimum absolute atomic E-state index is 0.597. The maximum absolute atomic E-state index is 9.78. The number of aromatic nitrogens is 1.